The molecule has 0 radical (unpaired) electrons. The third-order valence-electron chi connectivity index (χ3n) is 4.11. The molecule has 6 heteroatoms. The van der Waals surface area contributed by atoms with E-state index in [-0.39, 0.29) is 5.56 Å². The van der Waals surface area contributed by atoms with Crippen molar-refractivity contribution >= 4 is 17.5 Å². The van der Waals surface area contributed by atoms with E-state index in [1.54, 1.807) is 4.90 Å². The monoisotopic (exact) mass is 350 g/mol. The molecule has 0 atom stereocenters. The first-order chi connectivity index (χ1) is 11.5. The minimum absolute atomic E-state index is 0.210. The molecule has 2 aromatic rings. The van der Waals surface area contributed by atoms with E-state index < -0.39 is 17.5 Å². The molecular formula is C18H17ClF2N2O. The van der Waals surface area contributed by atoms with Crippen molar-refractivity contribution in [2.75, 3.05) is 26.2 Å². The smallest absolute Gasteiger partial charge is 0.257 e. The molecule has 0 bridgehead atoms. The van der Waals surface area contributed by atoms with Gasteiger partial charge in [0, 0.05) is 37.7 Å². The van der Waals surface area contributed by atoms with Crippen LogP contribution in [0.3, 0.4) is 0 Å². The zero-order chi connectivity index (χ0) is 17.1. The summed E-state index contributed by atoms with van der Waals surface area (Å²) in [5.74, 6) is -1.77. The van der Waals surface area contributed by atoms with Gasteiger partial charge in [0.1, 0.15) is 11.6 Å². The number of nitrogens with zero attached hydrogens (tertiary/aromatic N) is 2. The highest BCUT2D eigenvalue weighted by molar-refractivity contribution is 6.30. The van der Waals surface area contributed by atoms with E-state index in [4.69, 9.17) is 11.6 Å². The summed E-state index contributed by atoms with van der Waals surface area (Å²) in [6.07, 6.45) is 0. The molecule has 0 N–H and O–H groups in total. The lowest BCUT2D eigenvalue weighted by atomic mass is 10.1. The minimum Gasteiger partial charge on any atom is -0.336 e. The van der Waals surface area contributed by atoms with E-state index in [1.165, 1.54) is 0 Å². The Kier molecular flexibility index (Phi) is 5.11. The maximum absolute atomic E-state index is 13.7. The number of carbonyl (C=O) groups excluding carboxylic acids is 1. The summed E-state index contributed by atoms with van der Waals surface area (Å²) < 4.78 is 27.0. The summed E-state index contributed by atoms with van der Waals surface area (Å²) in [4.78, 5) is 16.1. The van der Waals surface area contributed by atoms with Crippen LogP contribution in [0.1, 0.15) is 15.9 Å². The van der Waals surface area contributed by atoms with E-state index in [1.807, 2.05) is 24.3 Å². The molecule has 1 saturated heterocycles. The molecule has 3 nitrogen and oxygen atoms in total. The molecule has 126 valence electrons. The highest BCUT2D eigenvalue weighted by Crippen LogP contribution is 2.16. The van der Waals surface area contributed by atoms with Crippen molar-refractivity contribution in [1.29, 1.82) is 0 Å². The molecule has 1 fully saturated rings. The summed E-state index contributed by atoms with van der Waals surface area (Å²) in [5.41, 5.74) is 0.900. The summed E-state index contributed by atoms with van der Waals surface area (Å²) in [7, 11) is 0. The lowest BCUT2D eigenvalue weighted by Gasteiger charge is -2.34. The van der Waals surface area contributed by atoms with Crippen LogP contribution in [0.4, 0.5) is 8.78 Å². The van der Waals surface area contributed by atoms with Crippen LogP contribution in [0, 0.1) is 11.6 Å². The lowest BCUT2D eigenvalue weighted by molar-refractivity contribution is 0.0623. The maximum Gasteiger partial charge on any atom is 0.257 e. The Morgan fingerprint density at radius 1 is 1.04 bits per heavy atom. The maximum atomic E-state index is 13.7. The van der Waals surface area contributed by atoms with E-state index >= 15 is 0 Å². The van der Waals surface area contributed by atoms with Crippen LogP contribution in [0.15, 0.2) is 42.5 Å². The fourth-order valence-corrected chi connectivity index (χ4v) is 3.05. The van der Waals surface area contributed by atoms with E-state index in [0.29, 0.717) is 31.2 Å². The van der Waals surface area contributed by atoms with Crippen molar-refractivity contribution in [1.82, 2.24) is 9.80 Å². The van der Waals surface area contributed by atoms with Crippen molar-refractivity contribution in [2.45, 2.75) is 6.54 Å². The second-order valence-corrected chi connectivity index (χ2v) is 6.26. The van der Waals surface area contributed by atoms with Gasteiger partial charge in [-0.05, 0) is 35.9 Å². The number of hydrogen-bond acceptors (Lipinski definition) is 2. The fraction of sp³-hybridized carbons (Fsp3) is 0.278. The molecule has 0 aromatic heterocycles. The van der Waals surface area contributed by atoms with Crippen molar-refractivity contribution in [3.63, 3.8) is 0 Å². The Labute approximate surface area is 144 Å². The third-order valence-corrected chi connectivity index (χ3v) is 4.35. The zero-order valence-electron chi connectivity index (χ0n) is 13.0. The SMILES string of the molecule is O=C(c1cc(F)ccc1F)N1CCN(Cc2cccc(Cl)c2)CC1. The molecule has 0 unspecified atom stereocenters. The lowest BCUT2D eigenvalue weighted by Crippen LogP contribution is -2.48. The normalized spacial score (nSPS) is 15.5. The van der Waals surface area contributed by atoms with Crippen LogP contribution in [-0.4, -0.2) is 41.9 Å². The number of halogens is 3. The van der Waals surface area contributed by atoms with Gasteiger partial charge in [-0.15, -0.1) is 0 Å². The third kappa shape index (κ3) is 3.91. The van der Waals surface area contributed by atoms with Crippen LogP contribution >= 0.6 is 11.6 Å². The Morgan fingerprint density at radius 3 is 2.50 bits per heavy atom. The quantitative estimate of drug-likeness (QED) is 0.844. The van der Waals surface area contributed by atoms with Gasteiger partial charge in [-0.2, -0.15) is 0 Å². The Bertz CT molecular complexity index is 746. The molecule has 1 heterocycles. The zero-order valence-corrected chi connectivity index (χ0v) is 13.8. The predicted molar refractivity (Wildman–Crippen MR) is 89.0 cm³/mol. The van der Waals surface area contributed by atoms with Gasteiger partial charge in [-0.3, -0.25) is 9.69 Å². The van der Waals surface area contributed by atoms with Crippen molar-refractivity contribution in [2.24, 2.45) is 0 Å². The Hall–Kier alpha value is -1.98. The number of hydrogen-bond donors (Lipinski definition) is 0. The topological polar surface area (TPSA) is 23.6 Å². The van der Waals surface area contributed by atoms with Gasteiger partial charge in [0.2, 0.25) is 0 Å². The number of carbonyl (C=O) groups is 1. The van der Waals surface area contributed by atoms with Crippen LogP contribution < -0.4 is 0 Å². The highest BCUT2D eigenvalue weighted by Gasteiger charge is 2.24. The van der Waals surface area contributed by atoms with Crippen molar-refractivity contribution in [3.05, 3.63) is 70.2 Å². The molecule has 1 aliphatic heterocycles. The summed E-state index contributed by atoms with van der Waals surface area (Å²) in [6.45, 7) is 3.06. The first kappa shape index (κ1) is 16.9. The predicted octanol–water partition coefficient (Wildman–Crippen LogP) is 3.58. The molecular weight excluding hydrogens is 334 g/mol. The highest BCUT2D eigenvalue weighted by atomic mass is 35.5. The van der Waals surface area contributed by atoms with Gasteiger partial charge >= 0.3 is 0 Å². The second kappa shape index (κ2) is 7.28. The number of rotatable bonds is 3. The van der Waals surface area contributed by atoms with Gasteiger partial charge in [0.25, 0.3) is 5.91 Å². The summed E-state index contributed by atoms with van der Waals surface area (Å²) in [5, 5.41) is 0.697. The van der Waals surface area contributed by atoms with Crippen molar-refractivity contribution in [3.8, 4) is 0 Å². The van der Waals surface area contributed by atoms with Gasteiger partial charge in [0.15, 0.2) is 0 Å². The van der Waals surface area contributed by atoms with Crippen molar-refractivity contribution < 1.29 is 13.6 Å². The molecule has 0 aliphatic carbocycles. The fourth-order valence-electron chi connectivity index (χ4n) is 2.83. The number of benzene rings is 2. The van der Waals surface area contributed by atoms with E-state index in [0.717, 1.165) is 30.3 Å². The molecule has 1 aliphatic rings. The summed E-state index contributed by atoms with van der Waals surface area (Å²) >= 11 is 5.99. The Morgan fingerprint density at radius 2 is 1.79 bits per heavy atom. The van der Waals surface area contributed by atoms with Gasteiger partial charge < -0.3 is 4.90 Å². The molecule has 3 rings (SSSR count). The van der Waals surface area contributed by atoms with Crippen LogP contribution in [0.2, 0.25) is 5.02 Å². The standard InChI is InChI=1S/C18H17ClF2N2O/c19-14-3-1-2-13(10-14)12-22-6-8-23(9-7-22)18(24)16-11-15(20)4-5-17(16)21/h1-5,10-11H,6-9,12H2. The van der Waals surface area contributed by atoms with E-state index in [9.17, 15) is 13.6 Å². The Balaban J connectivity index is 1.60. The number of piperazine rings is 1. The molecule has 0 spiro atoms. The molecule has 0 saturated carbocycles. The van der Waals surface area contributed by atoms with Crippen LogP contribution in [0.25, 0.3) is 0 Å². The van der Waals surface area contributed by atoms with E-state index in [2.05, 4.69) is 4.90 Å². The van der Waals surface area contributed by atoms with Crippen LogP contribution in [0.5, 0.6) is 0 Å². The average molecular weight is 351 g/mol. The molecule has 2 aromatic carbocycles. The largest absolute Gasteiger partial charge is 0.336 e. The molecule has 1 amide bonds. The minimum atomic E-state index is -0.692. The first-order valence-corrected chi connectivity index (χ1v) is 8.12. The number of amides is 1. The van der Waals surface area contributed by atoms with Gasteiger partial charge in [-0.1, -0.05) is 23.7 Å². The second-order valence-electron chi connectivity index (χ2n) is 5.82. The molecule has 24 heavy (non-hydrogen) atoms. The van der Waals surface area contributed by atoms with Gasteiger partial charge in [0.05, 0.1) is 5.56 Å². The van der Waals surface area contributed by atoms with Crippen LogP contribution in [-0.2, 0) is 6.54 Å². The summed E-state index contributed by atoms with van der Waals surface area (Å²) in [6, 6.07) is 10.6. The first-order valence-electron chi connectivity index (χ1n) is 7.74. The van der Waals surface area contributed by atoms with Gasteiger partial charge in [-0.25, -0.2) is 8.78 Å². The average Bonchev–Trinajstić information content (AvgIpc) is 2.57.